The highest BCUT2D eigenvalue weighted by Crippen LogP contribution is 2.23. The zero-order chi connectivity index (χ0) is 13.0. The van der Waals surface area contributed by atoms with Crippen LogP contribution in [-0.2, 0) is 0 Å². The molecule has 2 rings (SSSR count). The number of aromatic hydroxyl groups is 2. The smallest absolute Gasteiger partial charge is 0.252 e. The molecule has 18 heavy (non-hydrogen) atoms. The number of aromatic nitrogens is 2. The van der Waals surface area contributed by atoms with Crippen molar-refractivity contribution in [2.24, 2.45) is 5.10 Å². The molecule has 1 aromatic heterocycles. The minimum atomic E-state index is -0.287. The average Bonchev–Trinajstić information content (AvgIpc) is 2.34. The first kappa shape index (κ1) is 11.6. The fourth-order valence-electron chi connectivity index (χ4n) is 1.22. The number of phenols is 2. The first-order chi connectivity index (χ1) is 8.65. The Bertz CT molecular complexity index is 636. The molecular weight excluding hydrogens is 236 g/mol. The summed E-state index contributed by atoms with van der Waals surface area (Å²) in [7, 11) is 0. The van der Waals surface area contributed by atoms with E-state index in [1.165, 1.54) is 30.7 Å². The van der Waals surface area contributed by atoms with Gasteiger partial charge in [-0.05, 0) is 23.8 Å². The number of hydrogen-bond donors (Lipinski definition) is 4. The van der Waals surface area contributed by atoms with Crippen molar-refractivity contribution in [3.8, 4) is 11.5 Å². The Labute approximate surface area is 101 Å². The fourth-order valence-corrected chi connectivity index (χ4v) is 1.22. The first-order valence-electron chi connectivity index (χ1n) is 5.01. The van der Waals surface area contributed by atoms with E-state index in [0.717, 1.165) is 0 Å². The predicted molar refractivity (Wildman–Crippen MR) is 65.8 cm³/mol. The van der Waals surface area contributed by atoms with E-state index in [1.54, 1.807) is 6.07 Å². The average molecular weight is 246 g/mol. The van der Waals surface area contributed by atoms with Crippen LogP contribution in [0.25, 0.3) is 0 Å². The van der Waals surface area contributed by atoms with Gasteiger partial charge in [0.25, 0.3) is 5.56 Å². The van der Waals surface area contributed by atoms with Crippen LogP contribution in [0, 0.1) is 0 Å². The Hall–Kier alpha value is -2.83. The van der Waals surface area contributed by atoms with Crippen molar-refractivity contribution in [1.82, 2.24) is 9.97 Å². The summed E-state index contributed by atoms with van der Waals surface area (Å²) in [5.74, 6) is -0.123. The molecule has 7 nitrogen and oxygen atoms in total. The summed E-state index contributed by atoms with van der Waals surface area (Å²) >= 11 is 0. The third-order valence-corrected chi connectivity index (χ3v) is 2.07. The van der Waals surface area contributed by atoms with Gasteiger partial charge < -0.3 is 15.2 Å². The standard InChI is InChI=1S/C11H10N4O3/c16-8-2-1-7(3-9(8)17)5-14-15-10-4-11(18)13-6-12-10/h1-6,16-17H,(H2,12,13,15,18). The van der Waals surface area contributed by atoms with Crippen molar-refractivity contribution in [3.63, 3.8) is 0 Å². The molecule has 0 radical (unpaired) electrons. The van der Waals surface area contributed by atoms with Gasteiger partial charge in [0, 0.05) is 6.07 Å². The van der Waals surface area contributed by atoms with Gasteiger partial charge in [-0.3, -0.25) is 10.2 Å². The van der Waals surface area contributed by atoms with Gasteiger partial charge in [0.2, 0.25) is 0 Å². The summed E-state index contributed by atoms with van der Waals surface area (Å²) in [6.45, 7) is 0. The van der Waals surface area contributed by atoms with E-state index in [9.17, 15) is 9.90 Å². The van der Waals surface area contributed by atoms with Crippen molar-refractivity contribution in [2.45, 2.75) is 0 Å². The van der Waals surface area contributed by atoms with Crippen molar-refractivity contribution < 1.29 is 10.2 Å². The first-order valence-corrected chi connectivity index (χ1v) is 5.01. The number of rotatable bonds is 3. The minimum Gasteiger partial charge on any atom is -0.504 e. The van der Waals surface area contributed by atoms with Crippen LogP contribution < -0.4 is 11.0 Å². The largest absolute Gasteiger partial charge is 0.504 e. The maximum atomic E-state index is 11.0. The number of phenolic OH excluding ortho intramolecular Hbond substituents is 2. The highest BCUT2D eigenvalue weighted by Gasteiger charge is 1.98. The van der Waals surface area contributed by atoms with Crippen molar-refractivity contribution >= 4 is 12.0 Å². The molecule has 0 aliphatic rings. The maximum absolute atomic E-state index is 11.0. The molecule has 0 unspecified atom stereocenters. The molecule has 1 heterocycles. The van der Waals surface area contributed by atoms with Crippen LogP contribution in [0.5, 0.6) is 11.5 Å². The number of aromatic amines is 1. The second kappa shape index (κ2) is 5.00. The van der Waals surface area contributed by atoms with E-state index in [4.69, 9.17) is 5.11 Å². The number of hydrogen-bond acceptors (Lipinski definition) is 6. The highest BCUT2D eigenvalue weighted by molar-refractivity contribution is 5.81. The molecule has 7 heteroatoms. The van der Waals surface area contributed by atoms with Gasteiger partial charge in [0.15, 0.2) is 17.3 Å². The molecule has 4 N–H and O–H groups in total. The van der Waals surface area contributed by atoms with Crippen LogP contribution in [0.15, 0.2) is 40.5 Å². The molecule has 0 saturated carbocycles. The van der Waals surface area contributed by atoms with E-state index in [0.29, 0.717) is 11.4 Å². The molecule has 0 fully saturated rings. The van der Waals surface area contributed by atoms with Gasteiger partial charge in [0.1, 0.15) is 0 Å². The van der Waals surface area contributed by atoms with Crippen LogP contribution in [0.4, 0.5) is 5.82 Å². The van der Waals surface area contributed by atoms with Crippen LogP contribution in [0.3, 0.4) is 0 Å². The van der Waals surface area contributed by atoms with Crippen LogP contribution in [-0.4, -0.2) is 26.4 Å². The van der Waals surface area contributed by atoms with E-state index < -0.39 is 0 Å². The lowest BCUT2D eigenvalue weighted by molar-refractivity contribution is 0.403. The predicted octanol–water partition coefficient (Wildman–Crippen LogP) is 0.627. The Kier molecular flexibility index (Phi) is 3.24. The second-order valence-electron chi connectivity index (χ2n) is 3.41. The van der Waals surface area contributed by atoms with Crippen LogP contribution >= 0.6 is 0 Å². The Balaban J connectivity index is 2.07. The molecule has 0 amide bonds. The van der Waals surface area contributed by atoms with Crippen LogP contribution in [0.2, 0.25) is 0 Å². The van der Waals surface area contributed by atoms with E-state index >= 15 is 0 Å². The normalized spacial score (nSPS) is 10.7. The maximum Gasteiger partial charge on any atom is 0.252 e. The lowest BCUT2D eigenvalue weighted by Crippen LogP contribution is -2.06. The number of anilines is 1. The Morgan fingerprint density at radius 1 is 1.28 bits per heavy atom. The van der Waals surface area contributed by atoms with Gasteiger partial charge in [-0.15, -0.1) is 0 Å². The topological polar surface area (TPSA) is 111 Å². The molecule has 0 aliphatic heterocycles. The third kappa shape index (κ3) is 2.85. The molecule has 0 spiro atoms. The molecule has 92 valence electrons. The number of H-pyrrole nitrogens is 1. The van der Waals surface area contributed by atoms with Crippen molar-refractivity contribution in [2.75, 3.05) is 5.43 Å². The summed E-state index contributed by atoms with van der Waals surface area (Å²) in [4.78, 5) is 17.2. The third-order valence-electron chi connectivity index (χ3n) is 2.07. The van der Waals surface area contributed by atoms with Gasteiger partial charge in [0.05, 0.1) is 12.5 Å². The van der Waals surface area contributed by atoms with Crippen LogP contribution in [0.1, 0.15) is 5.56 Å². The number of benzene rings is 1. The molecular formula is C11H10N4O3. The lowest BCUT2D eigenvalue weighted by atomic mass is 10.2. The van der Waals surface area contributed by atoms with E-state index in [1.807, 2.05) is 0 Å². The zero-order valence-corrected chi connectivity index (χ0v) is 9.16. The second-order valence-corrected chi connectivity index (χ2v) is 3.41. The van der Waals surface area contributed by atoms with Gasteiger partial charge >= 0.3 is 0 Å². The Morgan fingerprint density at radius 3 is 2.83 bits per heavy atom. The highest BCUT2D eigenvalue weighted by atomic mass is 16.3. The molecule has 0 atom stereocenters. The van der Waals surface area contributed by atoms with Crippen molar-refractivity contribution in [3.05, 3.63) is 46.5 Å². The summed E-state index contributed by atoms with van der Waals surface area (Å²) in [6, 6.07) is 5.53. The summed E-state index contributed by atoms with van der Waals surface area (Å²) in [5, 5.41) is 22.2. The fraction of sp³-hybridized carbons (Fsp3) is 0. The van der Waals surface area contributed by atoms with Gasteiger partial charge in [-0.1, -0.05) is 0 Å². The van der Waals surface area contributed by atoms with E-state index in [-0.39, 0.29) is 17.1 Å². The van der Waals surface area contributed by atoms with E-state index in [2.05, 4.69) is 20.5 Å². The minimum absolute atomic E-state index is 0.198. The summed E-state index contributed by atoms with van der Waals surface area (Å²) in [5.41, 5.74) is 2.86. The number of hydrazone groups is 1. The quantitative estimate of drug-likeness (QED) is 0.360. The molecule has 0 bridgehead atoms. The number of nitrogens with one attached hydrogen (secondary N) is 2. The summed E-state index contributed by atoms with van der Waals surface area (Å²) < 4.78 is 0. The Morgan fingerprint density at radius 2 is 2.11 bits per heavy atom. The monoisotopic (exact) mass is 246 g/mol. The molecule has 1 aromatic carbocycles. The zero-order valence-electron chi connectivity index (χ0n) is 9.16. The SMILES string of the molecule is O=c1cc(NN=Cc2ccc(O)c(O)c2)nc[nH]1. The van der Waals surface area contributed by atoms with Gasteiger partial charge in [-0.2, -0.15) is 5.10 Å². The molecule has 0 aliphatic carbocycles. The lowest BCUT2D eigenvalue weighted by Gasteiger charge is -1.99. The van der Waals surface area contributed by atoms with Gasteiger partial charge in [-0.25, -0.2) is 4.98 Å². The van der Waals surface area contributed by atoms with Crippen molar-refractivity contribution in [1.29, 1.82) is 0 Å². The summed E-state index contributed by atoms with van der Waals surface area (Å²) in [6.07, 6.45) is 2.68. The molecule has 0 saturated heterocycles. The molecule has 2 aromatic rings. The number of nitrogens with zero attached hydrogens (tertiary/aromatic N) is 2.